The zero-order valence-electron chi connectivity index (χ0n) is 11.4. The van der Waals surface area contributed by atoms with Gasteiger partial charge in [0.15, 0.2) is 5.92 Å². The predicted molar refractivity (Wildman–Crippen MR) is 60.9 cm³/mol. The van der Waals surface area contributed by atoms with Crippen molar-refractivity contribution in [2.24, 2.45) is 5.92 Å². The van der Waals surface area contributed by atoms with Crippen LogP contribution >= 0.6 is 0 Å². The number of rotatable bonds is 5. The predicted octanol–water partition coefficient (Wildman–Crippen LogP) is 3.05. The molecule has 2 nitrogen and oxygen atoms in total. The standard InChI is InChI=1S/C11H20F6N2/c1-9(2,3)18-5-6-19(4)7-8(10(12,13)14)11(15,16)17/h8,18H,5-7H2,1-4H3. The minimum absolute atomic E-state index is 0.111. The summed E-state index contributed by atoms with van der Waals surface area (Å²) in [6.45, 7) is 4.94. The van der Waals surface area contributed by atoms with Crippen molar-refractivity contribution in [2.75, 3.05) is 26.7 Å². The molecule has 0 unspecified atom stereocenters. The average molecular weight is 294 g/mol. The fraction of sp³-hybridized carbons (Fsp3) is 1.00. The van der Waals surface area contributed by atoms with Crippen LogP contribution in [0.15, 0.2) is 0 Å². The molecule has 0 aliphatic carbocycles. The van der Waals surface area contributed by atoms with Crippen LogP contribution in [-0.2, 0) is 0 Å². The summed E-state index contributed by atoms with van der Waals surface area (Å²) < 4.78 is 74.0. The molecule has 0 saturated heterocycles. The van der Waals surface area contributed by atoms with E-state index < -0.39 is 24.8 Å². The highest BCUT2D eigenvalue weighted by Gasteiger charge is 2.56. The number of nitrogens with zero attached hydrogens (tertiary/aromatic N) is 1. The first-order chi connectivity index (χ1) is 8.23. The van der Waals surface area contributed by atoms with Crippen LogP contribution in [0.4, 0.5) is 26.3 Å². The molecule has 19 heavy (non-hydrogen) atoms. The Morgan fingerprint density at radius 2 is 1.37 bits per heavy atom. The molecule has 0 atom stereocenters. The molecule has 0 bridgehead atoms. The van der Waals surface area contributed by atoms with Crippen LogP contribution in [-0.4, -0.2) is 49.5 Å². The maximum atomic E-state index is 12.3. The molecule has 0 aromatic heterocycles. The highest BCUT2D eigenvalue weighted by molar-refractivity contribution is 4.79. The third-order valence-corrected chi connectivity index (χ3v) is 2.43. The lowest BCUT2D eigenvalue weighted by Gasteiger charge is -2.28. The first-order valence-electron chi connectivity index (χ1n) is 5.80. The minimum atomic E-state index is -5.27. The molecule has 0 fully saturated rings. The van der Waals surface area contributed by atoms with Crippen LogP contribution in [0.25, 0.3) is 0 Å². The summed E-state index contributed by atoms with van der Waals surface area (Å²) in [5.41, 5.74) is -0.228. The van der Waals surface area contributed by atoms with Crippen molar-refractivity contribution in [1.29, 1.82) is 0 Å². The number of halogens is 6. The number of alkyl halides is 6. The van der Waals surface area contributed by atoms with Gasteiger partial charge in [0.25, 0.3) is 0 Å². The molecule has 0 aliphatic rings. The minimum Gasteiger partial charge on any atom is -0.311 e. The first-order valence-corrected chi connectivity index (χ1v) is 5.80. The van der Waals surface area contributed by atoms with Crippen molar-refractivity contribution in [2.45, 2.75) is 38.7 Å². The molecule has 0 amide bonds. The van der Waals surface area contributed by atoms with Gasteiger partial charge in [0.1, 0.15) is 0 Å². The van der Waals surface area contributed by atoms with E-state index in [0.29, 0.717) is 6.54 Å². The third-order valence-electron chi connectivity index (χ3n) is 2.43. The van der Waals surface area contributed by atoms with Crippen LogP contribution in [0, 0.1) is 5.92 Å². The number of hydrogen-bond acceptors (Lipinski definition) is 2. The molecular formula is C11H20F6N2. The summed E-state index contributed by atoms with van der Waals surface area (Å²) in [4.78, 5) is 1.03. The van der Waals surface area contributed by atoms with Crippen molar-refractivity contribution in [3.63, 3.8) is 0 Å². The smallest absolute Gasteiger partial charge is 0.311 e. The van der Waals surface area contributed by atoms with E-state index in [1.807, 2.05) is 20.8 Å². The van der Waals surface area contributed by atoms with Gasteiger partial charge in [0, 0.05) is 25.2 Å². The van der Waals surface area contributed by atoms with Crippen LogP contribution < -0.4 is 5.32 Å². The summed E-state index contributed by atoms with van der Waals surface area (Å²) in [7, 11) is 1.24. The van der Waals surface area contributed by atoms with Crippen LogP contribution in [0.3, 0.4) is 0 Å². The third kappa shape index (κ3) is 8.30. The second-order valence-corrected chi connectivity index (χ2v) is 5.57. The van der Waals surface area contributed by atoms with Crippen LogP contribution in [0.5, 0.6) is 0 Å². The van der Waals surface area contributed by atoms with E-state index in [0.717, 1.165) is 4.90 Å². The molecule has 0 saturated carbocycles. The Hall–Kier alpha value is -0.500. The molecule has 0 aromatic carbocycles. The zero-order chi connectivity index (χ0) is 15.5. The summed E-state index contributed by atoms with van der Waals surface area (Å²) >= 11 is 0. The lowest BCUT2D eigenvalue weighted by molar-refractivity contribution is -0.286. The normalized spacial score (nSPS) is 14.5. The van der Waals surface area contributed by atoms with Gasteiger partial charge >= 0.3 is 12.4 Å². The Kier molecular flexibility index (Phi) is 6.13. The summed E-state index contributed by atoms with van der Waals surface area (Å²) in [5, 5.41) is 3.00. The van der Waals surface area contributed by atoms with Crippen molar-refractivity contribution >= 4 is 0 Å². The molecule has 0 aliphatic heterocycles. The lowest BCUT2D eigenvalue weighted by atomic mass is 10.1. The van der Waals surface area contributed by atoms with Crippen LogP contribution in [0.2, 0.25) is 0 Å². The molecule has 0 rings (SSSR count). The topological polar surface area (TPSA) is 15.3 Å². The Bertz CT molecular complexity index is 252. The van der Waals surface area contributed by atoms with Gasteiger partial charge in [0.05, 0.1) is 0 Å². The maximum absolute atomic E-state index is 12.3. The molecule has 1 N–H and O–H groups in total. The fourth-order valence-electron chi connectivity index (χ4n) is 1.42. The molecular weight excluding hydrogens is 274 g/mol. The number of hydrogen-bond donors (Lipinski definition) is 1. The molecule has 0 heterocycles. The average Bonchev–Trinajstić information content (AvgIpc) is 2.08. The summed E-state index contributed by atoms with van der Waals surface area (Å²) in [5.74, 6) is -3.31. The monoisotopic (exact) mass is 294 g/mol. The van der Waals surface area contributed by atoms with E-state index in [1.54, 1.807) is 0 Å². The Labute approximate surface area is 109 Å². The molecule has 8 heteroatoms. The van der Waals surface area contributed by atoms with E-state index >= 15 is 0 Å². The second-order valence-electron chi connectivity index (χ2n) is 5.57. The van der Waals surface area contributed by atoms with Crippen LogP contribution in [0.1, 0.15) is 20.8 Å². The van der Waals surface area contributed by atoms with E-state index in [1.165, 1.54) is 7.05 Å². The van der Waals surface area contributed by atoms with Crippen molar-refractivity contribution in [1.82, 2.24) is 10.2 Å². The fourth-order valence-corrected chi connectivity index (χ4v) is 1.42. The lowest BCUT2D eigenvalue weighted by Crippen LogP contribution is -2.46. The number of likely N-dealkylation sites (N-methyl/N-ethyl adjacent to an activating group) is 1. The largest absolute Gasteiger partial charge is 0.401 e. The van der Waals surface area contributed by atoms with Gasteiger partial charge in [-0.25, -0.2) is 0 Å². The van der Waals surface area contributed by atoms with Gasteiger partial charge in [-0.15, -0.1) is 0 Å². The van der Waals surface area contributed by atoms with E-state index in [4.69, 9.17) is 0 Å². The van der Waals surface area contributed by atoms with Gasteiger partial charge in [-0.05, 0) is 27.8 Å². The van der Waals surface area contributed by atoms with Gasteiger partial charge in [-0.1, -0.05) is 0 Å². The van der Waals surface area contributed by atoms with Crippen molar-refractivity contribution in [3.05, 3.63) is 0 Å². The quantitative estimate of drug-likeness (QED) is 0.784. The zero-order valence-corrected chi connectivity index (χ0v) is 11.4. The second kappa shape index (κ2) is 6.30. The summed E-state index contributed by atoms with van der Waals surface area (Å²) in [6, 6.07) is 0. The van der Waals surface area contributed by atoms with E-state index in [9.17, 15) is 26.3 Å². The maximum Gasteiger partial charge on any atom is 0.401 e. The Morgan fingerprint density at radius 1 is 0.947 bits per heavy atom. The molecule has 0 spiro atoms. The Balaban J connectivity index is 4.38. The van der Waals surface area contributed by atoms with Gasteiger partial charge in [-0.2, -0.15) is 26.3 Å². The molecule has 0 radical (unpaired) electrons. The Morgan fingerprint density at radius 3 is 1.68 bits per heavy atom. The summed E-state index contributed by atoms with van der Waals surface area (Å²) in [6.07, 6.45) is -10.5. The molecule has 0 aromatic rings. The van der Waals surface area contributed by atoms with Crippen molar-refractivity contribution < 1.29 is 26.3 Å². The highest BCUT2D eigenvalue weighted by Crippen LogP contribution is 2.39. The first kappa shape index (κ1) is 18.5. The highest BCUT2D eigenvalue weighted by atomic mass is 19.4. The number of nitrogens with one attached hydrogen (secondary N) is 1. The van der Waals surface area contributed by atoms with Crippen molar-refractivity contribution in [3.8, 4) is 0 Å². The molecule has 116 valence electrons. The van der Waals surface area contributed by atoms with Gasteiger partial charge < -0.3 is 10.2 Å². The SMILES string of the molecule is CN(CCNC(C)(C)C)CC(C(F)(F)F)C(F)(F)F. The van der Waals surface area contributed by atoms with Gasteiger partial charge in [-0.3, -0.25) is 0 Å². The van der Waals surface area contributed by atoms with Gasteiger partial charge in [0.2, 0.25) is 0 Å². The van der Waals surface area contributed by atoms with E-state index in [-0.39, 0.29) is 12.1 Å². The van der Waals surface area contributed by atoms with E-state index in [2.05, 4.69) is 5.32 Å².